The zero-order chi connectivity index (χ0) is 24.9. The maximum atomic E-state index is 13.3. The Hall–Kier alpha value is -2.33. The van der Waals surface area contributed by atoms with Gasteiger partial charge in [0.2, 0.25) is 10.0 Å². The van der Waals surface area contributed by atoms with Gasteiger partial charge < -0.3 is 14.8 Å². The van der Waals surface area contributed by atoms with Gasteiger partial charge in [0.1, 0.15) is 10.6 Å². The first-order valence-corrected chi connectivity index (χ1v) is 13.0. The molecule has 1 unspecified atom stereocenters. The zero-order valence-electron chi connectivity index (χ0n) is 18.8. The summed E-state index contributed by atoms with van der Waals surface area (Å²) in [5.74, 6) is -1.35. The predicted octanol–water partition coefficient (Wildman–Crippen LogP) is 4.75. The van der Waals surface area contributed by atoms with Crippen molar-refractivity contribution in [2.75, 3.05) is 25.5 Å². The van der Waals surface area contributed by atoms with Crippen LogP contribution in [0.3, 0.4) is 0 Å². The summed E-state index contributed by atoms with van der Waals surface area (Å²) in [7, 11) is -2.52. The quantitative estimate of drug-likeness (QED) is 0.520. The number of anilines is 1. The van der Waals surface area contributed by atoms with Crippen LogP contribution in [0.15, 0.2) is 41.3 Å². The largest absolute Gasteiger partial charge is 0.495 e. The molecule has 0 saturated carbocycles. The molecule has 3 rings (SSSR count). The van der Waals surface area contributed by atoms with Crippen molar-refractivity contribution in [3.8, 4) is 5.75 Å². The van der Waals surface area contributed by atoms with Crippen LogP contribution in [0.25, 0.3) is 0 Å². The van der Waals surface area contributed by atoms with Gasteiger partial charge >= 0.3 is 5.97 Å². The van der Waals surface area contributed by atoms with E-state index in [9.17, 15) is 18.0 Å². The van der Waals surface area contributed by atoms with Crippen LogP contribution in [-0.4, -0.2) is 50.9 Å². The minimum atomic E-state index is -3.88. The minimum Gasteiger partial charge on any atom is -0.495 e. The first-order valence-electron chi connectivity index (χ1n) is 10.8. The van der Waals surface area contributed by atoms with Gasteiger partial charge in [-0.2, -0.15) is 4.31 Å². The molecule has 1 fully saturated rings. The van der Waals surface area contributed by atoms with E-state index in [4.69, 9.17) is 32.7 Å². The van der Waals surface area contributed by atoms with Crippen LogP contribution in [0.5, 0.6) is 5.75 Å². The number of hydrogen-bond acceptors (Lipinski definition) is 6. The lowest BCUT2D eigenvalue weighted by Gasteiger charge is -2.21. The number of halogens is 2. The summed E-state index contributed by atoms with van der Waals surface area (Å²) < 4.78 is 38.5. The maximum Gasteiger partial charge on any atom is 0.338 e. The molecule has 11 heteroatoms. The summed E-state index contributed by atoms with van der Waals surface area (Å²) in [5.41, 5.74) is 0.256. The Morgan fingerprint density at radius 1 is 1.03 bits per heavy atom. The number of methoxy groups -OCH3 is 1. The molecule has 0 radical (unpaired) electrons. The van der Waals surface area contributed by atoms with Crippen LogP contribution in [0, 0.1) is 0 Å². The predicted molar refractivity (Wildman–Crippen MR) is 130 cm³/mol. The fourth-order valence-corrected chi connectivity index (χ4v) is 5.57. The van der Waals surface area contributed by atoms with Crippen LogP contribution < -0.4 is 10.1 Å². The zero-order valence-corrected chi connectivity index (χ0v) is 21.2. The lowest BCUT2D eigenvalue weighted by molar-refractivity contribution is -0.123. The third kappa shape index (κ3) is 6.21. The van der Waals surface area contributed by atoms with Crippen LogP contribution in [-0.2, 0) is 19.6 Å². The van der Waals surface area contributed by atoms with Gasteiger partial charge in [0, 0.05) is 18.1 Å². The summed E-state index contributed by atoms with van der Waals surface area (Å²) in [6.45, 7) is 2.21. The summed E-state index contributed by atoms with van der Waals surface area (Å²) in [4.78, 5) is 25.1. The highest BCUT2D eigenvalue weighted by molar-refractivity contribution is 7.89. The Labute approximate surface area is 209 Å². The number of rotatable bonds is 7. The van der Waals surface area contributed by atoms with Gasteiger partial charge in [0.25, 0.3) is 5.91 Å². The Morgan fingerprint density at radius 2 is 1.71 bits per heavy atom. The number of carbonyl (C=O) groups is 2. The van der Waals surface area contributed by atoms with E-state index in [1.807, 2.05) is 0 Å². The standard InChI is InChI=1S/C23H26Cl2N2O6S/c1-15(22(28)26-19-14-17(24)8-9-18(19)25)33-23(29)16-7-10-20(32-2)21(13-16)34(30,31)27-11-5-3-4-6-12-27/h7-10,13-15H,3-6,11-12H2,1-2H3,(H,26,28). The van der Waals surface area contributed by atoms with Crippen molar-refractivity contribution in [2.45, 2.75) is 43.6 Å². The molecular weight excluding hydrogens is 503 g/mol. The highest BCUT2D eigenvalue weighted by atomic mass is 35.5. The third-order valence-corrected chi connectivity index (χ3v) is 7.91. The van der Waals surface area contributed by atoms with E-state index in [-0.39, 0.29) is 26.9 Å². The second-order valence-corrected chi connectivity index (χ2v) is 10.6. The van der Waals surface area contributed by atoms with Gasteiger partial charge in [-0.1, -0.05) is 36.0 Å². The Kier molecular flexibility index (Phi) is 8.81. The number of carbonyl (C=O) groups excluding carboxylic acids is 2. The Bertz CT molecular complexity index is 1160. The summed E-state index contributed by atoms with van der Waals surface area (Å²) in [6, 6.07) is 8.59. The summed E-state index contributed by atoms with van der Waals surface area (Å²) in [5, 5.41) is 3.20. The van der Waals surface area contributed by atoms with Gasteiger partial charge in [0.15, 0.2) is 6.10 Å². The molecule has 184 valence electrons. The number of benzene rings is 2. The second-order valence-electron chi connectivity index (χ2n) is 7.84. The molecule has 1 amide bonds. The fourth-order valence-electron chi connectivity index (χ4n) is 3.54. The summed E-state index contributed by atoms with van der Waals surface area (Å²) in [6.07, 6.45) is 2.29. The van der Waals surface area contributed by atoms with Crippen molar-refractivity contribution in [3.63, 3.8) is 0 Å². The van der Waals surface area contributed by atoms with E-state index >= 15 is 0 Å². The van der Waals surface area contributed by atoms with E-state index in [0.717, 1.165) is 25.7 Å². The Balaban J connectivity index is 1.78. The molecule has 0 spiro atoms. The number of nitrogens with one attached hydrogen (secondary N) is 1. The number of ether oxygens (including phenoxy) is 2. The molecule has 1 N–H and O–H groups in total. The minimum absolute atomic E-state index is 0.0189. The molecule has 0 aliphatic carbocycles. The maximum absolute atomic E-state index is 13.3. The van der Waals surface area contributed by atoms with Crippen LogP contribution in [0.1, 0.15) is 43.0 Å². The molecule has 1 atom stereocenters. The number of hydrogen-bond donors (Lipinski definition) is 1. The van der Waals surface area contributed by atoms with Crippen molar-refractivity contribution >= 4 is 50.8 Å². The third-order valence-electron chi connectivity index (χ3n) is 5.42. The van der Waals surface area contributed by atoms with Crippen LogP contribution >= 0.6 is 23.2 Å². The highest BCUT2D eigenvalue weighted by Gasteiger charge is 2.30. The molecular formula is C23H26Cl2N2O6S. The Morgan fingerprint density at radius 3 is 2.35 bits per heavy atom. The number of esters is 1. The summed E-state index contributed by atoms with van der Waals surface area (Å²) >= 11 is 12.0. The van der Waals surface area contributed by atoms with Crippen molar-refractivity contribution < 1.29 is 27.5 Å². The highest BCUT2D eigenvalue weighted by Crippen LogP contribution is 2.30. The van der Waals surface area contributed by atoms with Crippen LogP contribution in [0.4, 0.5) is 5.69 Å². The molecule has 1 aliphatic heterocycles. The van der Waals surface area contributed by atoms with Crippen LogP contribution in [0.2, 0.25) is 10.0 Å². The monoisotopic (exact) mass is 528 g/mol. The first kappa shape index (κ1) is 26.3. The van der Waals surface area contributed by atoms with E-state index in [0.29, 0.717) is 18.1 Å². The van der Waals surface area contributed by atoms with E-state index in [1.165, 1.54) is 48.7 Å². The molecule has 1 heterocycles. The fraction of sp³-hybridized carbons (Fsp3) is 0.391. The second kappa shape index (κ2) is 11.4. The molecule has 0 bridgehead atoms. The molecule has 34 heavy (non-hydrogen) atoms. The first-order chi connectivity index (χ1) is 16.1. The lowest BCUT2D eigenvalue weighted by Crippen LogP contribution is -2.32. The molecule has 8 nitrogen and oxygen atoms in total. The van der Waals surface area contributed by atoms with Crippen molar-refractivity contribution in [2.24, 2.45) is 0 Å². The molecule has 2 aromatic carbocycles. The van der Waals surface area contributed by atoms with E-state index in [1.54, 1.807) is 6.07 Å². The van der Waals surface area contributed by atoms with Gasteiger partial charge in [-0.05, 0) is 56.2 Å². The van der Waals surface area contributed by atoms with Crippen molar-refractivity contribution in [1.82, 2.24) is 4.31 Å². The topological polar surface area (TPSA) is 102 Å². The molecule has 2 aromatic rings. The lowest BCUT2D eigenvalue weighted by atomic mass is 10.2. The van der Waals surface area contributed by atoms with E-state index in [2.05, 4.69) is 5.32 Å². The average molecular weight is 529 g/mol. The average Bonchev–Trinajstić information content (AvgIpc) is 3.11. The molecule has 0 aromatic heterocycles. The number of nitrogens with zero attached hydrogens (tertiary/aromatic N) is 1. The van der Waals surface area contributed by atoms with E-state index < -0.39 is 28.0 Å². The van der Waals surface area contributed by atoms with Crippen molar-refractivity contribution in [1.29, 1.82) is 0 Å². The molecule has 1 saturated heterocycles. The van der Waals surface area contributed by atoms with Crippen molar-refractivity contribution in [3.05, 3.63) is 52.0 Å². The van der Waals surface area contributed by atoms with Gasteiger partial charge in [-0.15, -0.1) is 0 Å². The van der Waals surface area contributed by atoms with Gasteiger partial charge in [-0.3, -0.25) is 4.79 Å². The molecule has 1 aliphatic rings. The number of amides is 1. The number of sulfonamides is 1. The smallest absolute Gasteiger partial charge is 0.338 e. The van der Waals surface area contributed by atoms with Gasteiger partial charge in [-0.25, -0.2) is 13.2 Å². The van der Waals surface area contributed by atoms with Gasteiger partial charge in [0.05, 0.1) is 23.4 Å². The normalized spacial score (nSPS) is 15.8. The SMILES string of the molecule is COc1ccc(C(=O)OC(C)C(=O)Nc2cc(Cl)ccc2Cl)cc1S(=O)(=O)N1CCCCCC1.